The Morgan fingerprint density at radius 3 is 2.71 bits per heavy atom. The van der Waals surface area contributed by atoms with Gasteiger partial charge in [-0.2, -0.15) is 0 Å². The quantitative estimate of drug-likeness (QED) is 0.478. The molecule has 1 N–H and O–H groups in total. The number of aromatic nitrogens is 2. The Hall–Kier alpha value is -3.40. The van der Waals surface area contributed by atoms with Crippen molar-refractivity contribution in [3.8, 4) is 11.5 Å². The zero-order chi connectivity index (χ0) is 24.6. The van der Waals surface area contributed by atoms with E-state index >= 15 is 0 Å². The van der Waals surface area contributed by atoms with Gasteiger partial charge in [0, 0.05) is 51.3 Å². The Labute approximate surface area is 209 Å². The SMILES string of the molecule is CCOc1ccc(OCC)c(NC(=O)CCC(=O)N2CCCN(c3nc4cccnc4s3)CC2)c1. The molecule has 3 heterocycles. The van der Waals surface area contributed by atoms with Gasteiger partial charge in [0.25, 0.3) is 0 Å². The molecule has 186 valence electrons. The van der Waals surface area contributed by atoms with Gasteiger partial charge in [0.2, 0.25) is 11.8 Å². The molecule has 0 atom stereocenters. The number of rotatable bonds is 9. The highest BCUT2D eigenvalue weighted by Gasteiger charge is 2.22. The van der Waals surface area contributed by atoms with E-state index in [4.69, 9.17) is 14.5 Å². The Morgan fingerprint density at radius 1 is 1.06 bits per heavy atom. The maximum atomic E-state index is 12.9. The van der Waals surface area contributed by atoms with Gasteiger partial charge in [-0.15, -0.1) is 0 Å². The lowest BCUT2D eigenvalue weighted by Gasteiger charge is -2.21. The Bertz CT molecular complexity index is 1130. The maximum absolute atomic E-state index is 12.9. The second-order valence-corrected chi connectivity index (χ2v) is 9.07. The number of carbonyl (C=O) groups excluding carboxylic acids is 2. The minimum atomic E-state index is -0.230. The molecule has 10 heteroatoms. The number of amides is 2. The first kappa shape index (κ1) is 24.7. The molecular weight excluding hydrogens is 466 g/mol. The number of thiazole rings is 1. The normalized spacial score (nSPS) is 14.0. The number of anilines is 2. The van der Waals surface area contributed by atoms with Crippen LogP contribution in [0.4, 0.5) is 10.8 Å². The van der Waals surface area contributed by atoms with Crippen LogP contribution in [0.5, 0.6) is 11.5 Å². The first-order valence-electron chi connectivity index (χ1n) is 12.0. The summed E-state index contributed by atoms with van der Waals surface area (Å²) >= 11 is 1.57. The van der Waals surface area contributed by atoms with Gasteiger partial charge in [0.15, 0.2) is 5.13 Å². The molecule has 0 aliphatic carbocycles. The minimum Gasteiger partial charge on any atom is -0.494 e. The molecule has 35 heavy (non-hydrogen) atoms. The van der Waals surface area contributed by atoms with E-state index in [1.165, 1.54) is 0 Å². The summed E-state index contributed by atoms with van der Waals surface area (Å²) in [5.74, 6) is 0.987. The molecule has 9 nitrogen and oxygen atoms in total. The maximum Gasteiger partial charge on any atom is 0.224 e. The molecule has 2 amide bonds. The van der Waals surface area contributed by atoms with Gasteiger partial charge < -0.3 is 24.6 Å². The number of benzene rings is 1. The summed E-state index contributed by atoms with van der Waals surface area (Å²) in [4.78, 5) is 39.5. The van der Waals surface area contributed by atoms with Crippen LogP contribution >= 0.6 is 11.3 Å². The molecule has 0 radical (unpaired) electrons. The first-order valence-corrected chi connectivity index (χ1v) is 12.8. The Balaban J connectivity index is 1.30. The summed E-state index contributed by atoms with van der Waals surface area (Å²) in [6.07, 6.45) is 2.89. The standard InChI is InChI=1S/C25H31N5O4S/c1-3-33-18-8-9-21(34-4-2)20(17-18)27-22(31)10-11-23(32)29-13-6-14-30(16-15-29)25-28-19-7-5-12-26-24(19)35-25/h5,7-9,12,17H,3-4,6,10-11,13-16H2,1-2H3,(H,27,31). The average Bonchev–Trinajstić information content (AvgIpc) is 3.13. The van der Waals surface area contributed by atoms with Crippen molar-refractivity contribution in [2.24, 2.45) is 0 Å². The second-order valence-electron chi connectivity index (χ2n) is 8.12. The first-order chi connectivity index (χ1) is 17.1. The Kier molecular flexibility index (Phi) is 8.36. The smallest absolute Gasteiger partial charge is 0.224 e. The zero-order valence-corrected chi connectivity index (χ0v) is 21.0. The van der Waals surface area contributed by atoms with Crippen molar-refractivity contribution >= 4 is 44.3 Å². The van der Waals surface area contributed by atoms with Gasteiger partial charge in [-0.05, 0) is 44.5 Å². The molecule has 0 spiro atoms. The van der Waals surface area contributed by atoms with Crippen molar-refractivity contribution in [3.05, 3.63) is 36.5 Å². The fourth-order valence-corrected chi connectivity index (χ4v) is 4.95. The van der Waals surface area contributed by atoms with Gasteiger partial charge in [-0.3, -0.25) is 9.59 Å². The van der Waals surface area contributed by atoms with Gasteiger partial charge >= 0.3 is 0 Å². The van der Waals surface area contributed by atoms with Crippen molar-refractivity contribution in [1.29, 1.82) is 0 Å². The highest BCUT2D eigenvalue weighted by Crippen LogP contribution is 2.30. The lowest BCUT2D eigenvalue weighted by molar-refractivity contribution is -0.132. The third-order valence-corrected chi connectivity index (χ3v) is 6.72. The molecule has 1 saturated heterocycles. The van der Waals surface area contributed by atoms with E-state index in [1.807, 2.05) is 30.9 Å². The third-order valence-electron chi connectivity index (χ3n) is 5.68. The van der Waals surface area contributed by atoms with E-state index in [0.717, 1.165) is 28.4 Å². The number of pyridine rings is 1. The third kappa shape index (κ3) is 6.39. The molecule has 2 aromatic heterocycles. The molecule has 0 unspecified atom stereocenters. The number of fused-ring (bicyclic) bond motifs is 1. The molecule has 0 saturated carbocycles. The van der Waals surface area contributed by atoms with Gasteiger partial charge in [-0.1, -0.05) is 11.3 Å². The largest absolute Gasteiger partial charge is 0.494 e. The topological polar surface area (TPSA) is 96.9 Å². The summed E-state index contributed by atoms with van der Waals surface area (Å²) < 4.78 is 11.1. The Morgan fingerprint density at radius 2 is 1.91 bits per heavy atom. The van der Waals surface area contributed by atoms with Crippen LogP contribution in [0.15, 0.2) is 36.5 Å². The van der Waals surface area contributed by atoms with E-state index < -0.39 is 0 Å². The number of carbonyl (C=O) groups is 2. The average molecular weight is 498 g/mol. The van der Waals surface area contributed by atoms with Gasteiger partial charge in [0.1, 0.15) is 21.8 Å². The van der Waals surface area contributed by atoms with E-state index in [-0.39, 0.29) is 24.7 Å². The highest BCUT2D eigenvalue weighted by molar-refractivity contribution is 7.21. The fraction of sp³-hybridized carbons (Fsp3) is 0.440. The summed E-state index contributed by atoms with van der Waals surface area (Å²) in [5.41, 5.74) is 1.45. The van der Waals surface area contributed by atoms with Gasteiger partial charge in [0.05, 0.1) is 18.9 Å². The second kappa shape index (κ2) is 11.8. The van der Waals surface area contributed by atoms with Crippen molar-refractivity contribution in [2.75, 3.05) is 49.6 Å². The van der Waals surface area contributed by atoms with E-state index in [1.54, 1.807) is 35.7 Å². The van der Waals surface area contributed by atoms with Crippen molar-refractivity contribution in [3.63, 3.8) is 0 Å². The monoisotopic (exact) mass is 497 g/mol. The minimum absolute atomic E-state index is 0.0129. The van der Waals surface area contributed by atoms with E-state index in [9.17, 15) is 9.59 Å². The summed E-state index contributed by atoms with van der Waals surface area (Å²) in [6.45, 7) is 7.61. The van der Waals surface area contributed by atoms with Crippen LogP contribution in [-0.4, -0.2) is 66.1 Å². The van der Waals surface area contributed by atoms with E-state index in [0.29, 0.717) is 50.0 Å². The summed E-state index contributed by atoms with van der Waals surface area (Å²) in [5, 5.41) is 3.81. The molecule has 4 rings (SSSR count). The predicted molar refractivity (Wildman–Crippen MR) is 137 cm³/mol. The number of ether oxygens (including phenoxy) is 2. The van der Waals surface area contributed by atoms with Crippen LogP contribution in [0, 0.1) is 0 Å². The molecule has 1 aliphatic rings. The molecule has 1 aromatic carbocycles. The lowest BCUT2D eigenvalue weighted by Crippen LogP contribution is -2.35. The van der Waals surface area contributed by atoms with Crippen LogP contribution in [0.3, 0.4) is 0 Å². The molecule has 1 aliphatic heterocycles. The molecular formula is C25H31N5O4S. The van der Waals surface area contributed by atoms with Crippen molar-refractivity contribution < 1.29 is 19.1 Å². The van der Waals surface area contributed by atoms with Gasteiger partial charge in [-0.25, -0.2) is 9.97 Å². The highest BCUT2D eigenvalue weighted by atomic mass is 32.1. The van der Waals surface area contributed by atoms with Crippen LogP contribution in [0.1, 0.15) is 33.1 Å². The molecule has 0 bridgehead atoms. The molecule has 1 fully saturated rings. The number of nitrogens with zero attached hydrogens (tertiary/aromatic N) is 4. The zero-order valence-electron chi connectivity index (χ0n) is 20.2. The van der Waals surface area contributed by atoms with Crippen molar-refractivity contribution in [2.45, 2.75) is 33.1 Å². The predicted octanol–water partition coefficient (Wildman–Crippen LogP) is 3.95. The number of hydrogen-bond donors (Lipinski definition) is 1. The summed E-state index contributed by atoms with van der Waals surface area (Å²) in [7, 11) is 0. The van der Waals surface area contributed by atoms with Crippen LogP contribution in [0.25, 0.3) is 10.3 Å². The number of nitrogens with one attached hydrogen (secondary N) is 1. The van der Waals surface area contributed by atoms with Crippen LogP contribution < -0.4 is 19.7 Å². The summed E-state index contributed by atoms with van der Waals surface area (Å²) in [6, 6.07) is 9.18. The molecule has 3 aromatic rings. The number of hydrogen-bond acceptors (Lipinski definition) is 8. The van der Waals surface area contributed by atoms with Crippen LogP contribution in [-0.2, 0) is 9.59 Å². The lowest BCUT2D eigenvalue weighted by atomic mass is 10.2. The van der Waals surface area contributed by atoms with Crippen molar-refractivity contribution in [1.82, 2.24) is 14.9 Å². The fourth-order valence-electron chi connectivity index (χ4n) is 3.99. The van der Waals surface area contributed by atoms with Crippen LogP contribution in [0.2, 0.25) is 0 Å². The van der Waals surface area contributed by atoms with E-state index in [2.05, 4.69) is 15.2 Å².